The molecule has 6 heteroatoms. The molecule has 0 unspecified atom stereocenters. The molecule has 5 nitrogen and oxygen atoms in total. The highest BCUT2D eigenvalue weighted by Gasteiger charge is 2.15. The summed E-state index contributed by atoms with van der Waals surface area (Å²) in [6.45, 7) is 2.03. The number of nitrogens with zero attached hydrogens (tertiary/aromatic N) is 1. The smallest absolute Gasteiger partial charge is 0.180 e. The number of anilines is 1. The average molecular weight is 266 g/mol. The maximum atomic E-state index is 11.9. The molecule has 96 valence electrons. The lowest BCUT2D eigenvalue weighted by Gasteiger charge is -2.10. The molecule has 1 aromatic heterocycles. The number of hydrogen-bond donors (Lipinski definition) is 1. The van der Waals surface area contributed by atoms with Gasteiger partial charge >= 0.3 is 0 Å². The Bertz CT molecular complexity index is 606. The minimum Gasteiger partial charge on any atom is -0.447 e. The van der Waals surface area contributed by atoms with E-state index in [2.05, 4.69) is 10.3 Å². The van der Waals surface area contributed by atoms with Crippen molar-refractivity contribution in [1.82, 2.24) is 4.98 Å². The Labute approximate surface area is 106 Å². The van der Waals surface area contributed by atoms with Gasteiger partial charge in [0, 0.05) is 0 Å². The lowest BCUT2D eigenvalue weighted by molar-refractivity contribution is 0.511. The summed E-state index contributed by atoms with van der Waals surface area (Å²) < 4.78 is 28.9. The Kier molecular flexibility index (Phi) is 3.66. The van der Waals surface area contributed by atoms with Crippen LogP contribution in [0.5, 0.6) is 0 Å². The van der Waals surface area contributed by atoms with E-state index in [1.54, 1.807) is 37.4 Å². The lowest BCUT2D eigenvalue weighted by Crippen LogP contribution is -2.08. The van der Waals surface area contributed by atoms with Gasteiger partial charge in [-0.1, -0.05) is 19.1 Å². The first-order valence-corrected chi connectivity index (χ1v) is 7.21. The van der Waals surface area contributed by atoms with Gasteiger partial charge in [-0.05, 0) is 12.1 Å². The predicted molar refractivity (Wildman–Crippen MR) is 68.0 cm³/mol. The second kappa shape index (κ2) is 5.22. The second-order valence-electron chi connectivity index (χ2n) is 3.72. The fourth-order valence-electron chi connectivity index (χ4n) is 1.55. The number of benzene rings is 1. The Morgan fingerprint density at radius 2 is 2.11 bits per heavy atom. The maximum Gasteiger partial charge on any atom is 0.180 e. The van der Waals surface area contributed by atoms with E-state index < -0.39 is 9.84 Å². The maximum absolute atomic E-state index is 11.9. The number of hydrogen-bond acceptors (Lipinski definition) is 5. The average Bonchev–Trinajstić information content (AvgIpc) is 2.90. The first-order chi connectivity index (χ1) is 8.63. The second-order valence-corrected chi connectivity index (χ2v) is 5.97. The summed E-state index contributed by atoms with van der Waals surface area (Å²) in [5.74, 6) is 0.729. The van der Waals surface area contributed by atoms with Gasteiger partial charge in [0.25, 0.3) is 0 Å². The summed E-state index contributed by atoms with van der Waals surface area (Å²) in [4.78, 5) is 4.11. The standard InChI is InChI=1S/C12H14N2O3S/c1-2-18(15,16)12-6-4-3-5-11(12)14-8-10-7-13-9-17-10/h3-7,9,14H,2,8H2,1H3. The minimum absolute atomic E-state index is 0.0774. The molecule has 2 rings (SSSR count). The van der Waals surface area contributed by atoms with Crippen LogP contribution in [-0.2, 0) is 16.4 Å². The molecule has 1 N–H and O–H groups in total. The number of para-hydroxylation sites is 1. The molecule has 0 bridgehead atoms. The molecule has 0 spiro atoms. The molecule has 0 saturated heterocycles. The van der Waals surface area contributed by atoms with Crippen molar-refractivity contribution in [3.05, 3.63) is 42.6 Å². The van der Waals surface area contributed by atoms with Gasteiger partial charge in [0.2, 0.25) is 0 Å². The van der Waals surface area contributed by atoms with Crippen LogP contribution in [0.3, 0.4) is 0 Å². The van der Waals surface area contributed by atoms with Gasteiger partial charge in [-0.2, -0.15) is 0 Å². The number of aromatic nitrogens is 1. The largest absolute Gasteiger partial charge is 0.447 e. The molecule has 0 fully saturated rings. The van der Waals surface area contributed by atoms with Crippen LogP contribution in [0.2, 0.25) is 0 Å². The van der Waals surface area contributed by atoms with Crippen LogP contribution in [0.4, 0.5) is 5.69 Å². The third-order valence-corrected chi connectivity index (χ3v) is 4.32. The molecular formula is C12H14N2O3S. The summed E-state index contributed by atoms with van der Waals surface area (Å²) >= 11 is 0. The lowest BCUT2D eigenvalue weighted by atomic mass is 10.3. The van der Waals surface area contributed by atoms with Crippen LogP contribution in [0.25, 0.3) is 0 Å². The zero-order chi connectivity index (χ0) is 13.0. The predicted octanol–water partition coefficient (Wildman–Crippen LogP) is 2.08. The van der Waals surface area contributed by atoms with E-state index in [1.165, 1.54) is 6.39 Å². The van der Waals surface area contributed by atoms with E-state index in [4.69, 9.17) is 4.42 Å². The SMILES string of the molecule is CCS(=O)(=O)c1ccccc1NCc1cnco1. The van der Waals surface area contributed by atoms with Crippen LogP contribution in [0, 0.1) is 0 Å². The van der Waals surface area contributed by atoms with E-state index in [1.807, 2.05) is 0 Å². The van der Waals surface area contributed by atoms with Crippen molar-refractivity contribution in [2.75, 3.05) is 11.1 Å². The molecule has 0 amide bonds. The molecule has 2 aromatic rings. The fraction of sp³-hybridized carbons (Fsp3) is 0.250. The Morgan fingerprint density at radius 1 is 1.33 bits per heavy atom. The van der Waals surface area contributed by atoms with Gasteiger partial charge in [-0.25, -0.2) is 13.4 Å². The molecular weight excluding hydrogens is 252 g/mol. The molecule has 0 saturated carbocycles. The third kappa shape index (κ3) is 2.70. The van der Waals surface area contributed by atoms with Gasteiger partial charge in [-0.3, -0.25) is 0 Å². The van der Waals surface area contributed by atoms with Crippen molar-refractivity contribution >= 4 is 15.5 Å². The summed E-state index contributed by atoms with van der Waals surface area (Å²) in [6, 6.07) is 6.83. The van der Waals surface area contributed by atoms with Gasteiger partial charge in [-0.15, -0.1) is 0 Å². The van der Waals surface area contributed by atoms with Crippen molar-refractivity contribution in [3.8, 4) is 0 Å². The molecule has 1 aromatic carbocycles. The summed E-state index contributed by atoms with van der Waals surface area (Å²) in [5, 5.41) is 3.04. The van der Waals surface area contributed by atoms with Crippen molar-refractivity contribution in [1.29, 1.82) is 0 Å². The number of nitrogens with one attached hydrogen (secondary N) is 1. The van der Waals surface area contributed by atoms with Gasteiger partial charge in [0.15, 0.2) is 16.2 Å². The van der Waals surface area contributed by atoms with Crippen molar-refractivity contribution in [2.24, 2.45) is 0 Å². The Balaban J connectivity index is 2.23. The molecule has 1 heterocycles. The number of rotatable bonds is 5. The normalized spacial score (nSPS) is 11.4. The first kappa shape index (κ1) is 12.6. The van der Waals surface area contributed by atoms with Crippen molar-refractivity contribution < 1.29 is 12.8 Å². The summed E-state index contributed by atoms with van der Waals surface area (Å²) in [5.41, 5.74) is 0.579. The topological polar surface area (TPSA) is 72.2 Å². The minimum atomic E-state index is -3.23. The van der Waals surface area contributed by atoms with Gasteiger partial charge < -0.3 is 9.73 Å². The van der Waals surface area contributed by atoms with E-state index in [-0.39, 0.29) is 5.75 Å². The molecule has 0 radical (unpaired) electrons. The highest BCUT2D eigenvalue weighted by Crippen LogP contribution is 2.22. The third-order valence-electron chi connectivity index (χ3n) is 2.54. The van der Waals surface area contributed by atoms with E-state index >= 15 is 0 Å². The van der Waals surface area contributed by atoms with Crippen LogP contribution < -0.4 is 5.32 Å². The van der Waals surface area contributed by atoms with Crippen LogP contribution in [0.15, 0.2) is 46.2 Å². The zero-order valence-corrected chi connectivity index (χ0v) is 10.8. The van der Waals surface area contributed by atoms with Gasteiger partial charge in [0.1, 0.15) is 5.76 Å². The number of oxazole rings is 1. The first-order valence-electron chi connectivity index (χ1n) is 5.56. The van der Waals surface area contributed by atoms with Crippen molar-refractivity contribution in [3.63, 3.8) is 0 Å². The molecule has 0 aliphatic heterocycles. The van der Waals surface area contributed by atoms with Crippen LogP contribution in [0.1, 0.15) is 12.7 Å². The van der Waals surface area contributed by atoms with E-state index in [0.29, 0.717) is 22.9 Å². The summed E-state index contributed by atoms with van der Waals surface area (Å²) in [6.07, 6.45) is 2.93. The molecule has 0 aliphatic carbocycles. The molecule has 18 heavy (non-hydrogen) atoms. The van der Waals surface area contributed by atoms with E-state index in [0.717, 1.165) is 0 Å². The highest BCUT2D eigenvalue weighted by atomic mass is 32.2. The quantitative estimate of drug-likeness (QED) is 0.897. The number of sulfone groups is 1. The Hall–Kier alpha value is -1.82. The highest BCUT2D eigenvalue weighted by molar-refractivity contribution is 7.91. The Morgan fingerprint density at radius 3 is 2.78 bits per heavy atom. The van der Waals surface area contributed by atoms with Crippen molar-refractivity contribution in [2.45, 2.75) is 18.4 Å². The fourth-order valence-corrected chi connectivity index (χ4v) is 2.62. The molecule has 0 atom stereocenters. The monoisotopic (exact) mass is 266 g/mol. The van der Waals surface area contributed by atoms with E-state index in [9.17, 15) is 8.42 Å². The van der Waals surface area contributed by atoms with Crippen LogP contribution >= 0.6 is 0 Å². The van der Waals surface area contributed by atoms with Crippen LogP contribution in [-0.4, -0.2) is 19.2 Å². The van der Waals surface area contributed by atoms with Gasteiger partial charge in [0.05, 0.1) is 29.1 Å². The zero-order valence-electron chi connectivity index (χ0n) is 9.96. The molecule has 0 aliphatic rings. The summed E-state index contributed by atoms with van der Waals surface area (Å²) in [7, 11) is -3.23.